The molecule has 0 aromatic rings. The van der Waals surface area contributed by atoms with E-state index in [1.54, 1.807) is 0 Å². The summed E-state index contributed by atoms with van der Waals surface area (Å²) in [4.78, 5) is 16.1. The second-order valence-electron chi connectivity index (χ2n) is 8.75. The summed E-state index contributed by atoms with van der Waals surface area (Å²) in [5.41, 5.74) is -1.19. The van der Waals surface area contributed by atoms with Gasteiger partial charge in [0.05, 0.1) is 24.3 Å². The third-order valence-electron chi connectivity index (χ3n) is 6.60. The van der Waals surface area contributed by atoms with Crippen molar-refractivity contribution in [3.05, 3.63) is 41.4 Å². The molecular formula is C24H32N4O2. The molecule has 6 heteroatoms. The predicted molar refractivity (Wildman–Crippen MR) is 116 cm³/mol. The van der Waals surface area contributed by atoms with E-state index < -0.39 is 5.54 Å². The molecule has 160 valence electrons. The van der Waals surface area contributed by atoms with Gasteiger partial charge >= 0.3 is 0 Å². The minimum atomic E-state index is -0.863. The molecular weight excluding hydrogens is 376 g/mol. The van der Waals surface area contributed by atoms with E-state index >= 15 is 0 Å². The largest absolute Gasteiger partial charge is 0.289 e. The van der Waals surface area contributed by atoms with Gasteiger partial charge in [0.1, 0.15) is 5.54 Å². The Labute approximate surface area is 179 Å². The summed E-state index contributed by atoms with van der Waals surface area (Å²) >= 11 is 0. The zero-order valence-electron chi connectivity index (χ0n) is 17.7. The summed E-state index contributed by atoms with van der Waals surface area (Å²) < 4.78 is 0. The van der Waals surface area contributed by atoms with Crippen molar-refractivity contribution in [2.45, 2.75) is 100 Å². The number of allylic oxidation sites excluding steroid dienone is 4. The highest BCUT2D eigenvalue weighted by Crippen LogP contribution is 2.41. The monoisotopic (exact) mass is 408 g/mol. The molecule has 1 saturated heterocycles. The first-order valence-corrected chi connectivity index (χ1v) is 11.3. The van der Waals surface area contributed by atoms with Crippen LogP contribution < -0.4 is 0 Å². The lowest BCUT2D eigenvalue weighted by Crippen LogP contribution is -2.50. The van der Waals surface area contributed by atoms with Crippen molar-refractivity contribution in [1.82, 2.24) is 5.06 Å². The predicted octanol–water partition coefficient (Wildman–Crippen LogP) is 5.64. The lowest BCUT2D eigenvalue weighted by atomic mass is 9.82. The molecule has 0 radical (unpaired) electrons. The smallest absolute Gasteiger partial charge is 0.188 e. The summed E-state index contributed by atoms with van der Waals surface area (Å²) in [6.45, 7) is 0. The molecule has 2 unspecified atom stereocenters. The van der Waals surface area contributed by atoms with Gasteiger partial charge in [-0.05, 0) is 50.1 Å². The van der Waals surface area contributed by atoms with Crippen LogP contribution in [-0.4, -0.2) is 28.3 Å². The molecule has 1 aliphatic heterocycles. The van der Waals surface area contributed by atoms with E-state index in [0.717, 1.165) is 57.8 Å². The average molecular weight is 409 g/mol. The van der Waals surface area contributed by atoms with Gasteiger partial charge in [0.15, 0.2) is 5.54 Å². The van der Waals surface area contributed by atoms with E-state index in [2.05, 4.69) is 47.7 Å². The SMILES string of the molecule is C1=CCC=C1.N#CC1(N2OC3C=CC2C3)CCCCC1.N#CC1(N=O)CCCCC1. The number of fused-ring (bicyclic) bond motifs is 2. The zero-order valence-corrected chi connectivity index (χ0v) is 17.7. The quantitative estimate of drug-likeness (QED) is 0.436. The van der Waals surface area contributed by atoms with Crippen LogP contribution in [0.5, 0.6) is 0 Å². The molecule has 2 atom stereocenters. The van der Waals surface area contributed by atoms with Gasteiger partial charge < -0.3 is 0 Å². The van der Waals surface area contributed by atoms with Gasteiger partial charge in [-0.15, -0.1) is 4.91 Å². The van der Waals surface area contributed by atoms with Gasteiger partial charge in [0, 0.05) is 6.42 Å². The molecule has 3 fully saturated rings. The van der Waals surface area contributed by atoms with E-state index in [0.29, 0.717) is 18.9 Å². The van der Waals surface area contributed by atoms with Crippen LogP contribution in [-0.2, 0) is 4.84 Å². The van der Waals surface area contributed by atoms with Gasteiger partial charge in [-0.25, -0.2) is 0 Å². The molecule has 5 rings (SSSR count). The minimum Gasteiger partial charge on any atom is -0.289 e. The molecule has 1 heterocycles. The number of nitroso groups, excluding NO2 is 1. The van der Waals surface area contributed by atoms with Crippen molar-refractivity contribution in [2.75, 3.05) is 0 Å². The summed E-state index contributed by atoms with van der Waals surface area (Å²) in [6, 6.07) is 4.85. The minimum absolute atomic E-state index is 0.238. The average Bonchev–Trinajstić information content (AvgIpc) is 3.61. The molecule has 0 N–H and O–H groups in total. The summed E-state index contributed by atoms with van der Waals surface area (Å²) in [7, 11) is 0. The van der Waals surface area contributed by atoms with Crippen LogP contribution in [0.1, 0.15) is 77.0 Å². The van der Waals surface area contributed by atoms with Gasteiger partial charge in [-0.2, -0.15) is 15.6 Å². The van der Waals surface area contributed by atoms with Crippen molar-refractivity contribution >= 4 is 0 Å². The van der Waals surface area contributed by atoms with Crippen molar-refractivity contribution in [1.29, 1.82) is 10.5 Å². The topological polar surface area (TPSA) is 89.5 Å². The third-order valence-corrected chi connectivity index (χ3v) is 6.60. The highest BCUT2D eigenvalue weighted by molar-refractivity contribution is 5.18. The molecule has 0 amide bonds. The second kappa shape index (κ2) is 10.7. The van der Waals surface area contributed by atoms with Gasteiger partial charge in [0.2, 0.25) is 0 Å². The van der Waals surface area contributed by atoms with E-state index in [9.17, 15) is 10.2 Å². The normalized spacial score (nSPS) is 29.7. The lowest BCUT2D eigenvalue weighted by molar-refractivity contribution is -0.207. The Morgan fingerprint density at radius 2 is 1.53 bits per heavy atom. The second-order valence-corrected chi connectivity index (χ2v) is 8.75. The molecule has 2 bridgehead atoms. The fourth-order valence-electron chi connectivity index (χ4n) is 4.81. The van der Waals surface area contributed by atoms with E-state index in [1.807, 2.05) is 11.1 Å². The Morgan fingerprint density at radius 1 is 0.900 bits per heavy atom. The number of hydrogen-bond acceptors (Lipinski definition) is 6. The van der Waals surface area contributed by atoms with Crippen LogP contribution in [0.4, 0.5) is 0 Å². The van der Waals surface area contributed by atoms with Gasteiger partial charge in [-0.1, -0.05) is 62.1 Å². The first kappa shape index (κ1) is 22.4. The Morgan fingerprint density at radius 3 is 1.90 bits per heavy atom. The standard InChI is InChI=1S/C12H16N2O.C7H10N2O.C5H6/c13-9-12(6-2-1-3-7-12)14-10-4-5-11(8-10)15-14;8-6-7(9-10)4-2-1-3-5-7;1-2-4-5-3-1/h4-5,10-11H,1-3,6-8H2;1-5H2;1-4H,5H2. The summed E-state index contributed by atoms with van der Waals surface area (Å²) in [6.07, 6.45) is 25.0. The van der Waals surface area contributed by atoms with Crippen LogP contribution in [0.3, 0.4) is 0 Å². The van der Waals surface area contributed by atoms with Crippen molar-refractivity contribution < 1.29 is 4.84 Å². The van der Waals surface area contributed by atoms with E-state index in [4.69, 9.17) is 10.1 Å². The highest BCUT2D eigenvalue weighted by atomic mass is 16.7. The fraction of sp³-hybridized carbons (Fsp3) is 0.667. The molecule has 6 nitrogen and oxygen atoms in total. The molecule has 30 heavy (non-hydrogen) atoms. The van der Waals surface area contributed by atoms with Crippen molar-refractivity contribution in [3.8, 4) is 12.1 Å². The maximum atomic E-state index is 10.2. The summed E-state index contributed by atoms with van der Waals surface area (Å²) in [5, 5.41) is 22.9. The molecule has 4 aliphatic carbocycles. The Balaban J connectivity index is 0.000000147. The van der Waals surface area contributed by atoms with Gasteiger partial charge in [0.25, 0.3) is 0 Å². The fourth-order valence-corrected chi connectivity index (χ4v) is 4.81. The molecule has 0 aromatic carbocycles. The van der Waals surface area contributed by atoms with Crippen molar-refractivity contribution in [2.24, 2.45) is 5.18 Å². The number of rotatable bonds is 2. The molecule has 2 saturated carbocycles. The first-order chi connectivity index (χ1) is 14.7. The summed E-state index contributed by atoms with van der Waals surface area (Å²) in [5.74, 6) is 0. The van der Waals surface area contributed by atoms with Crippen molar-refractivity contribution in [3.63, 3.8) is 0 Å². The Bertz CT molecular complexity index is 736. The number of nitrogens with zero attached hydrogens (tertiary/aromatic N) is 4. The molecule has 0 spiro atoms. The van der Waals surface area contributed by atoms with Gasteiger partial charge in [-0.3, -0.25) is 4.84 Å². The Kier molecular flexibility index (Phi) is 7.96. The molecule has 0 aromatic heterocycles. The van der Waals surface area contributed by atoms with Crippen LogP contribution >= 0.6 is 0 Å². The first-order valence-electron chi connectivity index (χ1n) is 11.3. The zero-order chi connectivity index (χ0) is 21.3. The van der Waals surface area contributed by atoms with Crippen LogP contribution in [0, 0.1) is 27.6 Å². The van der Waals surface area contributed by atoms with E-state index in [1.165, 1.54) is 6.42 Å². The lowest BCUT2D eigenvalue weighted by Gasteiger charge is -2.40. The third kappa shape index (κ3) is 5.25. The molecule has 5 aliphatic rings. The number of nitriles is 2. The number of hydrogen-bond donors (Lipinski definition) is 0. The maximum Gasteiger partial charge on any atom is 0.188 e. The van der Waals surface area contributed by atoms with Crippen LogP contribution in [0.25, 0.3) is 0 Å². The Hall–Kier alpha value is -2.28. The highest BCUT2D eigenvalue weighted by Gasteiger charge is 2.48. The van der Waals surface area contributed by atoms with Crippen LogP contribution in [0.2, 0.25) is 0 Å². The number of hydroxylamine groups is 2. The maximum absolute atomic E-state index is 10.2. The van der Waals surface area contributed by atoms with E-state index in [-0.39, 0.29) is 11.6 Å². The van der Waals surface area contributed by atoms with Crippen LogP contribution in [0.15, 0.2) is 41.6 Å².